The average molecular weight is 293 g/mol. The van der Waals surface area contributed by atoms with Crippen LogP contribution in [-0.4, -0.2) is 55.1 Å². The minimum Gasteiger partial charge on any atom is -0.329 e. The van der Waals surface area contributed by atoms with E-state index in [1.165, 1.54) is 38.1 Å². The fourth-order valence-corrected chi connectivity index (χ4v) is 2.97. The molecule has 0 aliphatic carbocycles. The van der Waals surface area contributed by atoms with Gasteiger partial charge in [0.15, 0.2) is 0 Å². The Balaban J connectivity index is 1.92. The Hall–Kier alpha value is -0.970. The first-order valence-electron chi connectivity index (χ1n) is 7.91. The molecule has 0 aromatic heterocycles. The minimum atomic E-state index is -0.185. The molecule has 2 N–H and O–H groups in total. The first-order valence-corrected chi connectivity index (χ1v) is 7.91. The van der Waals surface area contributed by atoms with Gasteiger partial charge in [-0.25, -0.2) is 4.39 Å². The van der Waals surface area contributed by atoms with Gasteiger partial charge in [0.25, 0.3) is 0 Å². The van der Waals surface area contributed by atoms with Crippen molar-refractivity contribution in [2.45, 2.75) is 31.7 Å². The second-order valence-corrected chi connectivity index (χ2v) is 6.47. The molecule has 1 fully saturated rings. The average Bonchev–Trinajstić information content (AvgIpc) is 3.00. The number of halogens is 1. The van der Waals surface area contributed by atoms with Crippen LogP contribution in [0.1, 0.15) is 25.3 Å². The summed E-state index contributed by atoms with van der Waals surface area (Å²) >= 11 is 0. The predicted octanol–water partition coefficient (Wildman–Crippen LogP) is 2.11. The molecule has 1 unspecified atom stereocenters. The molecular weight excluding hydrogens is 265 g/mol. The molecule has 2 rings (SSSR count). The van der Waals surface area contributed by atoms with E-state index in [0.717, 1.165) is 25.1 Å². The molecule has 1 atom stereocenters. The summed E-state index contributed by atoms with van der Waals surface area (Å²) in [7, 11) is 2.15. The van der Waals surface area contributed by atoms with Crippen LogP contribution in [-0.2, 0) is 6.42 Å². The lowest BCUT2D eigenvalue weighted by molar-refractivity contribution is 0.128. The Morgan fingerprint density at radius 2 is 1.86 bits per heavy atom. The maximum atomic E-state index is 13.0. The van der Waals surface area contributed by atoms with Crippen LogP contribution in [0.2, 0.25) is 0 Å². The highest BCUT2D eigenvalue weighted by Gasteiger charge is 2.28. The van der Waals surface area contributed by atoms with E-state index in [1.54, 1.807) is 0 Å². The summed E-state index contributed by atoms with van der Waals surface area (Å²) in [4.78, 5) is 4.88. The predicted molar refractivity (Wildman–Crippen MR) is 85.9 cm³/mol. The van der Waals surface area contributed by atoms with Gasteiger partial charge in [0, 0.05) is 25.2 Å². The van der Waals surface area contributed by atoms with Gasteiger partial charge in [0.2, 0.25) is 0 Å². The van der Waals surface area contributed by atoms with Gasteiger partial charge in [-0.05, 0) is 64.0 Å². The fraction of sp³-hybridized carbons (Fsp3) is 0.647. The third-order valence-corrected chi connectivity index (χ3v) is 4.81. The van der Waals surface area contributed by atoms with E-state index < -0.39 is 0 Å². The number of nitrogens with zero attached hydrogens (tertiary/aromatic N) is 2. The minimum absolute atomic E-state index is 0.0858. The second kappa shape index (κ2) is 7.34. The monoisotopic (exact) mass is 293 g/mol. The molecule has 0 saturated carbocycles. The van der Waals surface area contributed by atoms with Crippen molar-refractivity contribution in [1.29, 1.82) is 0 Å². The third kappa shape index (κ3) is 4.50. The van der Waals surface area contributed by atoms with Crippen molar-refractivity contribution in [3.63, 3.8) is 0 Å². The summed E-state index contributed by atoms with van der Waals surface area (Å²) in [5.41, 5.74) is 7.09. The van der Waals surface area contributed by atoms with Gasteiger partial charge in [-0.2, -0.15) is 0 Å². The number of benzene rings is 1. The number of likely N-dealkylation sites (N-methyl/N-ethyl adjacent to an activating group) is 1. The van der Waals surface area contributed by atoms with E-state index in [1.807, 2.05) is 12.1 Å². The van der Waals surface area contributed by atoms with Crippen LogP contribution < -0.4 is 5.73 Å². The van der Waals surface area contributed by atoms with Crippen LogP contribution in [0.15, 0.2) is 24.3 Å². The molecule has 1 saturated heterocycles. The van der Waals surface area contributed by atoms with Crippen LogP contribution >= 0.6 is 0 Å². The van der Waals surface area contributed by atoms with E-state index >= 15 is 0 Å². The molecule has 118 valence electrons. The van der Waals surface area contributed by atoms with Gasteiger partial charge in [-0.15, -0.1) is 0 Å². The van der Waals surface area contributed by atoms with Crippen molar-refractivity contribution in [1.82, 2.24) is 9.80 Å². The number of rotatable bonds is 7. The molecule has 1 heterocycles. The maximum absolute atomic E-state index is 13.0. The van der Waals surface area contributed by atoms with E-state index in [0.29, 0.717) is 6.54 Å². The molecule has 0 radical (unpaired) electrons. The summed E-state index contributed by atoms with van der Waals surface area (Å²) in [6.45, 7) is 7.38. The quantitative estimate of drug-likeness (QED) is 0.836. The maximum Gasteiger partial charge on any atom is 0.123 e. The fourth-order valence-electron chi connectivity index (χ4n) is 2.97. The highest BCUT2D eigenvalue weighted by molar-refractivity contribution is 5.19. The Labute approximate surface area is 127 Å². The van der Waals surface area contributed by atoms with Crippen molar-refractivity contribution in [3.05, 3.63) is 35.6 Å². The highest BCUT2D eigenvalue weighted by Crippen LogP contribution is 2.19. The van der Waals surface area contributed by atoms with Crippen LogP contribution in [0, 0.1) is 5.82 Å². The summed E-state index contributed by atoms with van der Waals surface area (Å²) < 4.78 is 13.0. The smallest absolute Gasteiger partial charge is 0.123 e. The summed E-state index contributed by atoms with van der Waals surface area (Å²) in [5.74, 6) is -0.185. The van der Waals surface area contributed by atoms with Gasteiger partial charge in [0.1, 0.15) is 5.82 Å². The molecule has 0 amide bonds. The van der Waals surface area contributed by atoms with E-state index in [2.05, 4.69) is 23.8 Å². The summed E-state index contributed by atoms with van der Waals surface area (Å²) in [5, 5.41) is 0. The molecule has 1 aromatic carbocycles. The SMILES string of the molecule is CN(CCN1CCCC1)C(C)(CN)Cc1ccc(F)cc1. The Morgan fingerprint density at radius 3 is 2.43 bits per heavy atom. The van der Waals surface area contributed by atoms with Crippen molar-refractivity contribution in [2.75, 3.05) is 39.8 Å². The van der Waals surface area contributed by atoms with E-state index in [9.17, 15) is 4.39 Å². The second-order valence-electron chi connectivity index (χ2n) is 6.47. The Morgan fingerprint density at radius 1 is 1.24 bits per heavy atom. The lowest BCUT2D eigenvalue weighted by Crippen LogP contribution is -2.53. The lowest BCUT2D eigenvalue weighted by atomic mass is 9.91. The molecule has 1 aromatic rings. The van der Waals surface area contributed by atoms with Crippen LogP contribution in [0.4, 0.5) is 4.39 Å². The zero-order valence-corrected chi connectivity index (χ0v) is 13.3. The zero-order chi connectivity index (χ0) is 15.3. The molecular formula is C17H28FN3. The van der Waals surface area contributed by atoms with Crippen LogP contribution in [0.3, 0.4) is 0 Å². The van der Waals surface area contributed by atoms with Gasteiger partial charge in [0.05, 0.1) is 0 Å². The van der Waals surface area contributed by atoms with Gasteiger partial charge in [-0.1, -0.05) is 12.1 Å². The largest absolute Gasteiger partial charge is 0.329 e. The van der Waals surface area contributed by atoms with Crippen LogP contribution in [0.25, 0.3) is 0 Å². The normalized spacial score (nSPS) is 19.1. The van der Waals surface area contributed by atoms with E-state index in [4.69, 9.17) is 5.73 Å². The number of hydrogen-bond acceptors (Lipinski definition) is 3. The van der Waals surface area contributed by atoms with Crippen LogP contribution in [0.5, 0.6) is 0 Å². The van der Waals surface area contributed by atoms with Gasteiger partial charge >= 0.3 is 0 Å². The van der Waals surface area contributed by atoms with Crippen molar-refractivity contribution in [2.24, 2.45) is 5.73 Å². The lowest BCUT2D eigenvalue weighted by Gasteiger charge is -2.39. The molecule has 1 aliphatic rings. The van der Waals surface area contributed by atoms with Crippen molar-refractivity contribution < 1.29 is 4.39 Å². The highest BCUT2D eigenvalue weighted by atomic mass is 19.1. The number of hydrogen-bond donors (Lipinski definition) is 1. The third-order valence-electron chi connectivity index (χ3n) is 4.81. The molecule has 1 aliphatic heterocycles. The zero-order valence-electron chi connectivity index (χ0n) is 13.3. The molecule has 3 nitrogen and oxygen atoms in total. The van der Waals surface area contributed by atoms with Gasteiger partial charge < -0.3 is 10.6 Å². The van der Waals surface area contributed by atoms with Gasteiger partial charge in [-0.3, -0.25) is 4.90 Å². The van der Waals surface area contributed by atoms with Crippen molar-refractivity contribution >= 4 is 0 Å². The summed E-state index contributed by atoms with van der Waals surface area (Å²) in [6.07, 6.45) is 3.50. The Kier molecular flexibility index (Phi) is 5.73. The molecule has 0 spiro atoms. The van der Waals surface area contributed by atoms with E-state index in [-0.39, 0.29) is 11.4 Å². The number of nitrogens with two attached hydrogens (primary N) is 1. The first-order chi connectivity index (χ1) is 10.0. The molecule has 0 bridgehead atoms. The molecule has 21 heavy (non-hydrogen) atoms. The summed E-state index contributed by atoms with van der Waals surface area (Å²) in [6, 6.07) is 6.77. The first kappa shape index (κ1) is 16.4. The number of likely N-dealkylation sites (tertiary alicyclic amines) is 1. The Bertz CT molecular complexity index is 428. The van der Waals surface area contributed by atoms with Crippen molar-refractivity contribution in [3.8, 4) is 0 Å². The topological polar surface area (TPSA) is 32.5 Å². The molecule has 4 heteroatoms. The standard InChI is InChI=1S/C17H28FN3/c1-17(14-19,13-15-5-7-16(18)8-6-15)20(2)11-12-21-9-3-4-10-21/h5-8H,3-4,9-14,19H2,1-2H3.